The summed E-state index contributed by atoms with van der Waals surface area (Å²) in [6.07, 6.45) is 0. The summed E-state index contributed by atoms with van der Waals surface area (Å²) in [6.45, 7) is 5.43. The van der Waals surface area contributed by atoms with Gasteiger partial charge in [0.15, 0.2) is 0 Å². The topological polar surface area (TPSA) is 61.5 Å². The van der Waals surface area contributed by atoms with Gasteiger partial charge in [0, 0.05) is 0 Å². The van der Waals surface area contributed by atoms with Crippen molar-refractivity contribution < 1.29 is 14.3 Å². The van der Waals surface area contributed by atoms with Crippen LogP contribution in [0.1, 0.15) is 32.4 Å². The fourth-order valence-electron chi connectivity index (χ4n) is 1.31. The third-order valence-corrected chi connectivity index (χ3v) is 2.14. The lowest BCUT2D eigenvalue weighted by atomic mass is 10.1. The Morgan fingerprint density at radius 2 is 1.76 bits per heavy atom. The van der Waals surface area contributed by atoms with Crippen LogP contribution < -0.4 is 10.5 Å². The van der Waals surface area contributed by atoms with Crippen LogP contribution in [0.3, 0.4) is 0 Å². The lowest BCUT2D eigenvalue weighted by molar-refractivity contribution is -0.156. The number of carbonyl (C=O) groups is 1. The minimum Gasteiger partial charge on any atom is -0.497 e. The van der Waals surface area contributed by atoms with Crippen LogP contribution in [0.25, 0.3) is 0 Å². The van der Waals surface area contributed by atoms with Crippen LogP contribution in [0.5, 0.6) is 5.75 Å². The van der Waals surface area contributed by atoms with Crippen molar-refractivity contribution in [2.75, 3.05) is 7.11 Å². The van der Waals surface area contributed by atoms with Crippen LogP contribution >= 0.6 is 0 Å². The van der Waals surface area contributed by atoms with Crippen molar-refractivity contribution >= 4 is 5.97 Å². The van der Waals surface area contributed by atoms with Gasteiger partial charge in [-0.05, 0) is 38.5 Å². The molecule has 0 aliphatic heterocycles. The zero-order chi connectivity index (χ0) is 13.1. The van der Waals surface area contributed by atoms with E-state index in [1.807, 2.05) is 20.8 Å². The number of ether oxygens (including phenoxy) is 2. The Morgan fingerprint density at radius 1 is 1.24 bits per heavy atom. The van der Waals surface area contributed by atoms with E-state index in [1.165, 1.54) is 0 Å². The van der Waals surface area contributed by atoms with Gasteiger partial charge >= 0.3 is 5.97 Å². The molecule has 0 saturated carbocycles. The monoisotopic (exact) mass is 237 g/mol. The minimum absolute atomic E-state index is 0.428. The summed E-state index contributed by atoms with van der Waals surface area (Å²) >= 11 is 0. The van der Waals surface area contributed by atoms with Gasteiger partial charge in [0.25, 0.3) is 0 Å². The van der Waals surface area contributed by atoms with Gasteiger partial charge in [0.05, 0.1) is 7.11 Å². The molecule has 0 saturated heterocycles. The molecule has 4 nitrogen and oxygen atoms in total. The molecule has 1 rings (SSSR count). The molecule has 1 aromatic rings. The van der Waals surface area contributed by atoms with Gasteiger partial charge in [-0.2, -0.15) is 0 Å². The lowest BCUT2D eigenvalue weighted by Crippen LogP contribution is -2.31. The van der Waals surface area contributed by atoms with Crippen molar-refractivity contribution in [3.8, 4) is 5.75 Å². The third kappa shape index (κ3) is 4.07. The molecule has 2 N–H and O–H groups in total. The summed E-state index contributed by atoms with van der Waals surface area (Å²) in [4.78, 5) is 11.7. The maximum absolute atomic E-state index is 11.7. The first-order valence-corrected chi connectivity index (χ1v) is 5.46. The highest BCUT2D eigenvalue weighted by molar-refractivity contribution is 5.77. The predicted molar refractivity (Wildman–Crippen MR) is 65.8 cm³/mol. The molecule has 0 aliphatic rings. The van der Waals surface area contributed by atoms with Gasteiger partial charge < -0.3 is 15.2 Å². The number of carbonyl (C=O) groups excluding carboxylic acids is 1. The van der Waals surface area contributed by atoms with E-state index < -0.39 is 17.6 Å². The summed E-state index contributed by atoms with van der Waals surface area (Å²) in [5.74, 6) is 0.299. The zero-order valence-electron chi connectivity index (χ0n) is 10.7. The van der Waals surface area contributed by atoms with Crippen LogP contribution in [-0.4, -0.2) is 18.7 Å². The fourth-order valence-corrected chi connectivity index (χ4v) is 1.31. The summed E-state index contributed by atoms with van der Waals surface area (Å²) in [5, 5.41) is 0. The molecule has 0 bridgehead atoms. The van der Waals surface area contributed by atoms with Crippen molar-refractivity contribution in [3.63, 3.8) is 0 Å². The van der Waals surface area contributed by atoms with Crippen molar-refractivity contribution in [1.29, 1.82) is 0 Å². The molecule has 0 fully saturated rings. The normalized spacial score (nSPS) is 13.0. The molecule has 0 heterocycles. The lowest BCUT2D eigenvalue weighted by Gasteiger charge is -2.22. The first kappa shape index (κ1) is 13.5. The minimum atomic E-state index is -0.764. The number of rotatable bonds is 3. The van der Waals surface area contributed by atoms with E-state index in [2.05, 4.69) is 0 Å². The zero-order valence-corrected chi connectivity index (χ0v) is 10.7. The van der Waals surface area contributed by atoms with E-state index in [0.717, 1.165) is 5.75 Å². The maximum Gasteiger partial charge on any atom is 0.328 e. The van der Waals surface area contributed by atoms with E-state index in [1.54, 1.807) is 31.4 Å². The Labute approximate surface area is 102 Å². The molecule has 1 atom stereocenters. The Balaban J connectivity index is 2.74. The number of benzene rings is 1. The first-order chi connectivity index (χ1) is 7.83. The molecular formula is C13H19NO3. The van der Waals surface area contributed by atoms with Crippen molar-refractivity contribution in [1.82, 2.24) is 0 Å². The Bertz CT molecular complexity index is 379. The first-order valence-electron chi connectivity index (χ1n) is 5.46. The molecule has 1 aromatic carbocycles. The Kier molecular flexibility index (Phi) is 4.12. The smallest absolute Gasteiger partial charge is 0.328 e. The summed E-state index contributed by atoms with van der Waals surface area (Å²) in [7, 11) is 1.59. The van der Waals surface area contributed by atoms with E-state index in [0.29, 0.717) is 5.56 Å². The van der Waals surface area contributed by atoms with Crippen molar-refractivity contribution in [3.05, 3.63) is 29.8 Å². The van der Waals surface area contributed by atoms with Gasteiger partial charge in [-0.3, -0.25) is 0 Å². The van der Waals surface area contributed by atoms with E-state index in [-0.39, 0.29) is 0 Å². The second kappa shape index (κ2) is 5.19. The van der Waals surface area contributed by atoms with E-state index >= 15 is 0 Å². The molecule has 4 heteroatoms. The fraction of sp³-hybridized carbons (Fsp3) is 0.462. The van der Waals surface area contributed by atoms with Crippen LogP contribution in [0.15, 0.2) is 24.3 Å². The van der Waals surface area contributed by atoms with Crippen molar-refractivity contribution in [2.24, 2.45) is 5.73 Å². The van der Waals surface area contributed by atoms with Gasteiger partial charge in [0.2, 0.25) is 0 Å². The molecule has 1 unspecified atom stereocenters. The number of nitrogens with two attached hydrogens (primary N) is 1. The highest BCUT2D eigenvalue weighted by Gasteiger charge is 2.23. The Morgan fingerprint density at radius 3 is 2.18 bits per heavy atom. The molecule has 0 spiro atoms. The molecule has 17 heavy (non-hydrogen) atoms. The predicted octanol–water partition coefficient (Wildman–Crippen LogP) is 2.04. The molecule has 0 radical (unpaired) electrons. The van der Waals surface area contributed by atoms with Gasteiger partial charge in [-0.1, -0.05) is 12.1 Å². The van der Waals surface area contributed by atoms with Gasteiger partial charge in [-0.15, -0.1) is 0 Å². The number of hydrogen-bond acceptors (Lipinski definition) is 4. The number of methoxy groups -OCH3 is 1. The van der Waals surface area contributed by atoms with E-state index in [4.69, 9.17) is 15.2 Å². The van der Waals surface area contributed by atoms with Gasteiger partial charge in [-0.25, -0.2) is 4.79 Å². The molecule has 0 amide bonds. The SMILES string of the molecule is COc1ccc(C(N)C(=O)OC(C)(C)C)cc1. The molecular weight excluding hydrogens is 218 g/mol. The Hall–Kier alpha value is -1.55. The summed E-state index contributed by atoms with van der Waals surface area (Å²) in [6, 6.07) is 6.28. The number of esters is 1. The standard InChI is InChI=1S/C13H19NO3/c1-13(2,3)17-12(15)11(14)9-5-7-10(16-4)8-6-9/h5-8,11H,14H2,1-4H3. The third-order valence-electron chi connectivity index (χ3n) is 2.14. The highest BCUT2D eigenvalue weighted by atomic mass is 16.6. The second-order valence-electron chi connectivity index (χ2n) is 4.78. The molecule has 0 aromatic heterocycles. The van der Waals surface area contributed by atoms with Crippen LogP contribution in [0.2, 0.25) is 0 Å². The average molecular weight is 237 g/mol. The molecule has 0 aliphatic carbocycles. The van der Waals surface area contributed by atoms with Crippen LogP contribution in [0, 0.1) is 0 Å². The maximum atomic E-state index is 11.7. The number of hydrogen-bond donors (Lipinski definition) is 1. The van der Waals surface area contributed by atoms with Crippen LogP contribution in [-0.2, 0) is 9.53 Å². The summed E-state index contributed by atoms with van der Waals surface area (Å²) < 4.78 is 10.2. The van der Waals surface area contributed by atoms with Crippen molar-refractivity contribution in [2.45, 2.75) is 32.4 Å². The van der Waals surface area contributed by atoms with Gasteiger partial charge in [0.1, 0.15) is 17.4 Å². The quantitative estimate of drug-likeness (QED) is 0.817. The van der Waals surface area contributed by atoms with Crippen LogP contribution in [0.4, 0.5) is 0 Å². The summed E-state index contributed by atoms with van der Waals surface area (Å²) in [5.41, 5.74) is 6.00. The molecule has 94 valence electrons. The van der Waals surface area contributed by atoms with E-state index in [9.17, 15) is 4.79 Å². The highest BCUT2D eigenvalue weighted by Crippen LogP contribution is 2.19. The largest absolute Gasteiger partial charge is 0.497 e. The average Bonchev–Trinajstić information content (AvgIpc) is 2.26. The second-order valence-corrected chi connectivity index (χ2v) is 4.78.